The molecule has 1 amide bonds. The van der Waals surface area contributed by atoms with Gasteiger partial charge in [0.2, 0.25) is 5.91 Å². The van der Waals surface area contributed by atoms with Gasteiger partial charge in [0.05, 0.1) is 19.1 Å². The summed E-state index contributed by atoms with van der Waals surface area (Å²) in [5.41, 5.74) is 5.86. The van der Waals surface area contributed by atoms with Gasteiger partial charge in [0.1, 0.15) is 0 Å². The molecule has 0 aromatic rings. The van der Waals surface area contributed by atoms with E-state index in [2.05, 4.69) is 5.32 Å². The molecule has 2 unspecified atom stereocenters. The summed E-state index contributed by atoms with van der Waals surface area (Å²) in [5.74, 6) is -0.0407. The quantitative estimate of drug-likeness (QED) is 0.762. The molecule has 98 valence electrons. The van der Waals surface area contributed by atoms with E-state index in [4.69, 9.17) is 10.5 Å². The van der Waals surface area contributed by atoms with Crippen molar-refractivity contribution in [2.75, 3.05) is 13.2 Å². The molecule has 0 spiro atoms. The van der Waals surface area contributed by atoms with Gasteiger partial charge in [-0.1, -0.05) is 32.1 Å². The van der Waals surface area contributed by atoms with Crippen molar-refractivity contribution < 1.29 is 9.53 Å². The first kappa shape index (κ1) is 12.8. The smallest absolute Gasteiger partial charge is 0.227 e. The number of carbonyl (C=O) groups excluding carboxylic acids is 1. The van der Waals surface area contributed by atoms with Crippen molar-refractivity contribution in [2.45, 2.75) is 57.0 Å². The van der Waals surface area contributed by atoms with Gasteiger partial charge >= 0.3 is 0 Å². The van der Waals surface area contributed by atoms with Gasteiger partial charge in [-0.2, -0.15) is 0 Å². The molecule has 0 radical (unpaired) electrons. The number of ether oxygens (including phenoxy) is 1. The van der Waals surface area contributed by atoms with Crippen LogP contribution in [-0.4, -0.2) is 31.2 Å². The van der Waals surface area contributed by atoms with Crippen LogP contribution in [-0.2, 0) is 9.53 Å². The standard InChI is InChI=1S/C13H24N2O2/c14-12-9-17-8-11(12)13(16)15-10-6-4-2-1-3-5-7-10/h10-12H,1-9,14H2,(H,15,16). The summed E-state index contributed by atoms with van der Waals surface area (Å²) in [4.78, 5) is 12.1. The SMILES string of the molecule is NC1COCC1C(=O)NC1CCCCCCC1. The van der Waals surface area contributed by atoms with Gasteiger partial charge in [-0.3, -0.25) is 4.79 Å². The second kappa shape index (κ2) is 6.36. The fraction of sp³-hybridized carbons (Fsp3) is 0.923. The van der Waals surface area contributed by atoms with Crippen LogP contribution in [0.2, 0.25) is 0 Å². The minimum Gasteiger partial charge on any atom is -0.379 e. The molecule has 0 aromatic carbocycles. The van der Waals surface area contributed by atoms with Crippen molar-refractivity contribution in [1.29, 1.82) is 0 Å². The Morgan fingerprint density at radius 3 is 2.29 bits per heavy atom. The zero-order valence-electron chi connectivity index (χ0n) is 10.5. The number of amides is 1. The van der Waals surface area contributed by atoms with Crippen molar-refractivity contribution in [1.82, 2.24) is 5.32 Å². The lowest BCUT2D eigenvalue weighted by molar-refractivity contribution is -0.126. The molecule has 2 fully saturated rings. The first-order chi connectivity index (χ1) is 8.27. The Morgan fingerprint density at radius 2 is 1.71 bits per heavy atom. The van der Waals surface area contributed by atoms with Crippen LogP contribution in [0, 0.1) is 5.92 Å². The maximum absolute atomic E-state index is 12.1. The summed E-state index contributed by atoms with van der Waals surface area (Å²) in [6.45, 7) is 1.00. The number of hydrogen-bond donors (Lipinski definition) is 2. The number of carbonyl (C=O) groups is 1. The number of nitrogens with one attached hydrogen (secondary N) is 1. The Hall–Kier alpha value is -0.610. The summed E-state index contributed by atoms with van der Waals surface area (Å²) in [5, 5.41) is 3.16. The van der Waals surface area contributed by atoms with Crippen LogP contribution < -0.4 is 11.1 Å². The van der Waals surface area contributed by atoms with Crippen LogP contribution in [0.25, 0.3) is 0 Å². The molecule has 3 N–H and O–H groups in total. The summed E-state index contributed by atoms with van der Waals surface area (Å²) in [6, 6.07) is 0.235. The highest BCUT2D eigenvalue weighted by Gasteiger charge is 2.32. The van der Waals surface area contributed by atoms with E-state index in [0.29, 0.717) is 19.3 Å². The van der Waals surface area contributed by atoms with E-state index in [1.165, 1.54) is 32.1 Å². The molecule has 0 bridgehead atoms. The number of hydrogen-bond acceptors (Lipinski definition) is 3. The molecule has 1 heterocycles. The van der Waals surface area contributed by atoms with E-state index in [9.17, 15) is 4.79 Å². The summed E-state index contributed by atoms with van der Waals surface area (Å²) in [7, 11) is 0. The van der Waals surface area contributed by atoms with Crippen molar-refractivity contribution in [3.63, 3.8) is 0 Å². The molecule has 2 atom stereocenters. The second-order valence-corrected chi connectivity index (χ2v) is 5.36. The Balaban J connectivity index is 1.79. The molecular weight excluding hydrogens is 216 g/mol. The van der Waals surface area contributed by atoms with Crippen LogP contribution in [0.3, 0.4) is 0 Å². The van der Waals surface area contributed by atoms with Crippen molar-refractivity contribution in [2.24, 2.45) is 11.7 Å². The van der Waals surface area contributed by atoms with E-state index >= 15 is 0 Å². The zero-order chi connectivity index (χ0) is 12.1. The minimum atomic E-state index is -0.138. The molecule has 17 heavy (non-hydrogen) atoms. The predicted octanol–water partition coefficient (Wildman–Crippen LogP) is 1.19. The predicted molar refractivity (Wildman–Crippen MR) is 66.5 cm³/mol. The van der Waals surface area contributed by atoms with Crippen LogP contribution in [0.1, 0.15) is 44.9 Å². The first-order valence-electron chi connectivity index (χ1n) is 6.91. The molecule has 4 heteroatoms. The van der Waals surface area contributed by atoms with Crippen LogP contribution in [0.15, 0.2) is 0 Å². The van der Waals surface area contributed by atoms with E-state index in [1.54, 1.807) is 0 Å². The maximum Gasteiger partial charge on any atom is 0.227 e. The maximum atomic E-state index is 12.1. The molecule has 1 aliphatic carbocycles. The topological polar surface area (TPSA) is 64.3 Å². The van der Waals surface area contributed by atoms with Gasteiger partial charge in [0.25, 0.3) is 0 Å². The van der Waals surface area contributed by atoms with E-state index in [-0.39, 0.29) is 17.9 Å². The van der Waals surface area contributed by atoms with Gasteiger partial charge in [0, 0.05) is 12.1 Å². The Bertz CT molecular complexity index is 250. The fourth-order valence-corrected chi connectivity index (χ4v) is 2.75. The van der Waals surface area contributed by atoms with E-state index in [1.807, 2.05) is 0 Å². The molecular formula is C13H24N2O2. The first-order valence-corrected chi connectivity index (χ1v) is 6.91. The lowest BCUT2D eigenvalue weighted by Crippen LogP contribution is -2.45. The lowest BCUT2D eigenvalue weighted by Gasteiger charge is -2.23. The minimum absolute atomic E-state index is 0.0978. The van der Waals surface area contributed by atoms with Crippen molar-refractivity contribution in [3.8, 4) is 0 Å². The molecule has 2 rings (SSSR count). The van der Waals surface area contributed by atoms with E-state index < -0.39 is 0 Å². The van der Waals surface area contributed by atoms with Gasteiger partial charge in [0.15, 0.2) is 0 Å². The van der Waals surface area contributed by atoms with Crippen molar-refractivity contribution >= 4 is 5.91 Å². The largest absolute Gasteiger partial charge is 0.379 e. The molecule has 1 saturated carbocycles. The Kier molecular flexibility index (Phi) is 4.80. The lowest BCUT2D eigenvalue weighted by atomic mass is 9.95. The number of rotatable bonds is 2. The Labute approximate surface area is 103 Å². The molecule has 2 aliphatic rings. The third-order valence-electron chi connectivity index (χ3n) is 3.91. The van der Waals surface area contributed by atoms with E-state index in [0.717, 1.165) is 12.8 Å². The van der Waals surface area contributed by atoms with Crippen LogP contribution in [0.4, 0.5) is 0 Å². The highest BCUT2D eigenvalue weighted by molar-refractivity contribution is 5.80. The van der Waals surface area contributed by atoms with Gasteiger partial charge in [-0.05, 0) is 12.8 Å². The monoisotopic (exact) mass is 240 g/mol. The van der Waals surface area contributed by atoms with Crippen LogP contribution >= 0.6 is 0 Å². The third-order valence-corrected chi connectivity index (χ3v) is 3.91. The summed E-state index contributed by atoms with van der Waals surface area (Å²) >= 11 is 0. The van der Waals surface area contributed by atoms with Gasteiger partial charge in [-0.25, -0.2) is 0 Å². The van der Waals surface area contributed by atoms with Crippen LogP contribution in [0.5, 0.6) is 0 Å². The summed E-state index contributed by atoms with van der Waals surface area (Å²) in [6.07, 6.45) is 8.66. The molecule has 1 aliphatic heterocycles. The molecule has 4 nitrogen and oxygen atoms in total. The fourth-order valence-electron chi connectivity index (χ4n) is 2.75. The van der Waals surface area contributed by atoms with Gasteiger partial charge < -0.3 is 15.8 Å². The van der Waals surface area contributed by atoms with Gasteiger partial charge in [-0.15, -0.1) is 0 Å². The molecule has 0 aromatic heterocycles. The third kappa shape index (κ3) is 3.68. The average molecular weight is 240 g/mol. The average Bonchev–Trinajstić information content (AvgIpc) is 2.68. The zero-order valence-corrected chi connectivity index (χ0v) is 10.5. The summed E-state index contributed by atoms with van der Waals surface area (Å²) < 4.78 is 5.24. The molecule has 1 saturated heterocycles. The normalized spacial score (nSPS) is 31.8. The second-order valence-electron chi connectivity index (χ2n) is 5.36. The van der Waals surface area contributed by atoms with Crippen molar-refractivity contribution in [3.05, 3.63) is 0 Å². The highest BCUT2D eigenvalue weighted by Crippen LogP contribution is 2.18. The highest BCUT2D eigenvalue weighted by atomic mass is 16.5. The Morgan fingerprint density at radius 1 is 1.06 bits per heavy atom. The number of nitrogens with two attached hydrogens (primary N) is 1.